The van der Waals surface area contributed by atoms with Crippen molar-refractivity contribution in [2.24, 2.45) is 0 Å². The van der Waals surface area contributed by atoms with Crippen LogP contribution < -0.4 is 10.6 Å². The van der Waals surface area contributed by atoms with E-state index in [2.05, 4.69) is 15.8 Å². The smallest absolute Gasteiger partial charge is 0.257 e. The summed E-state index contributed by atoms with van der Waals surface area (Å²) in [5.74, 6) is 0.745. The third-order valence-corrected chi connectivity index (χ3v) is 5.43. The van der Waals surface area contributed by atoms with Crippen LogP contribution >= 0.6 is 23.8 Å². The first-order valence-corrected chi connectivity index (χ1v) is 9.54. The fourth-order valence-corrected chi connectivity index (χ4v) is 4.02. The third-order valence-electron chi connectivity index (χ3n) is 4.77. The molecule has 1 aromatic heterocycles. The van der Waals surface area contributed by atoms with E-state index in [4.69, 9.17) is 28.3 Å². The van der Waals surface area contributed by atoms with Crippen LogP contribution in [0.15, 0.2) is 46.1 Å². The molecule has 1 atom stereocenters. The number of hydrogen-bond acceptors (Lipinski definition) is 4. The first kappa shape index (κ1) is 18.0. The second-order valence-corrected chi connectivity index (χ2v) is 7.58. The molecule has 6 nitrogen and oxygen atoms in total. The minimum atomic E-state index is -0.436. The number of benzene rings is 1. The zero-order valence-electron chi connectivity index (χ0n) is 15.0. The molecule has 1 amide bonds. The van der Waals surface area contributed by atoms with Gasteiger partial charge in [0.1, 0.15) is 5.76 Å². The number of aromatic nitrogens is 1. The summed E-state index contributed by atoms with van der Waals surface area (Å²) in [5, 5.41) is 11.2. The van der Waals surface area contributed by atoms with Crippen LogP contribution in [0.1, 0.15) is 37.1 Å². The van der Waals surface area contributed by atoms with Crippen LogP contribution in [0.5, 0.6) is 0 Å². The van der Waals surface area contributed by atoms with Crippen LogP contribution in [-0.4, -0.2) is 27.1 Å². The standard InChI is InChI=1S/C19H19ClN4O2S/c1-10-9-15(23-26-10)21-18(25)16-11(2)24(12-7-8-12)19(27)22-17(16)13-5-3-4-6-14(13)20/h3-6,9,12,17H,7-8H2,1-2H3,(H,22,27)(H,21,23,25). The highest BCUT2D eigenvalue weighted by atomic mass is 35.5. The Morgan fingerprint density at radius 3 is 2.74 bits per heavy atom. The summed E-state index contributed by atoms with van der Waals surface area (Å²) in [5.41, 5.74) is 2.21. The fraction of sp³-hybridized carbons (Fsp3) is 0.316. The van der Waals surface area contributed by atoms with E-state index in [9.17, 15) is 4.79 Å². The highest BCUT2D eigenvalue weighted by molar-refractivity contribution is 7.80. The van der Waals surface area contributed by atoms with Crippen molar-refractivity contribution in [1.82, 2.24) is 15.4 Å². The number of nitrogens with one attached hydrogen (secondary N) is 2. The Kier molecular flexibility index (Phi) is 4.65. The summed E-state index contributed by atoms with van der Waals surface area (Å²) in [4.78, 5) is 15.2. The Bertz CT molecular complexity index is 951. The van der Waals surface area contributed by atoms with Crippen molar-refractivity contribution < 1.29 is 9.32 Å². The zero-order valence-corrected chi connectivity index (χ0v) is 16.5. The number of carbonyl (C=O) groups excluding carboxylic acids is 1. The Balaban J connectivity index is 1.76. The minimum absolute atomic E-state index is 0.258. The van der Waals surface area contributed by atoms with Gasteiger partial charge in [-0.1, -0.05) is 35.0 Å². The molecule has 1 aliphatic heterocycles. The lowest BCUT2D eigenvalue weighted by Gasteiger charge is -2.38. The van der Waals surface area contributed by atoms with Crippen molar-refractivity contribution >= 4 is 40.7 Å². The summed E-state index contributed by atoms with van der Waals surface area (Å²) < 4.78 is 5.05. The Morgan fingerprint density at radius 1 is 1.37 bits per heavy atom. The van der Waals surface area contributed by atoms with E-state index in [1.165, 1.54) is 0 Å². The molecule has 2 heterocycles. The van der Waals surface area contributed by atoms with E-state index in [0.717, 1.165) is 24.1 Å². The topological polar surface area (TPSA) is 70.4 Å². The van der Waals surface area contributed by atoms with Crippen LogP contribution in [0, 0.1) is 6.92 Å². The van der Waals surface area contributed by atoms with Gasteiger partial charge >= 0.3 is 0 Å². The molecule has 1 unspecified atom stereocenters. The van der Waals surface area contributed by atoms with Crippen molar-refractivity contribution in [2.45, 2.75) is 38.8 Å². The van der Waals surface area contributed by atoms with Crippen molar-refractivity contribution in [3.8, 4) is 0 Å². The first-order valence-electron chi connectivity index (χ1n) is 8.75. The molecule has 1 aliphatic carbocycles. The van der Waals surface area contributed by atoms with Crippen molar-refractivity contribution in [2.75, 3.05) is 5.32 Å². The molecular weight excluding hydrogens is 384 g/mol. The zero-order chi connectivity index (χ0) is 19.1. The SMILES string of the molecule is CC1=C(C(=O)Nc2cc(C)on2)C(c2ccccc2Cl)NC(=S)N1C1CC1. The maximum absolute atomic E-state index is 13.2. The molecule has 1 aromatic carbocycles. The molecule has 1 saturated carbocycles. The normalized spacial score (nSPS) is 19.9. The molecule has 0 saturated heterocycles. The number of hydrogen-bond donors (Lipinski definition) is 2. The van der Waals surface area contributed by atoms with E-state index in [1.807, 2.05) is 30.0 Å². The summed E-state index contributed by atoms with van der Waals surface area (Å²) in [7, 11) is 0. The van der Waals surface area contributed by atoms with Gasteiger partial charge in [-0.05, 0) is 50.5 Å². The number of aryl methyl sites for hydroxylation is 1. The number of allylic oxidation sites excluding steroid dienone is 1. The first-order chi connectivity index (χ1) is 13.0. The second-order valence-electron chi connectivity index (χ2n) is 6.78. The monoisotopic (exact) mass is 402 g/mol. The maximum Gasteiger partial charge on any atom is 0.257 e. The largest absolute Gasteiger partial charge is 0.360 e. The summed E-state index contributed by atoms with van der Waals surface area (Å²) in [6, 6.07) is 9.04. The van der Waals surface area contributed by atoms with Gasteiger partial charge in [-0.25, -0.2) is 0 Å². The molecule has 2 N–H and O–H groups in total. The lowest BCUT2D eigenvalue weighted by molar-refractivity contribution is -0.113. The van der Waals surface area contributed by atoms with Gasteiger partial charge in [-0.15, -0.1) is 0 Å². The number of nitrogens with zero attached hydrogens (tertiary/aromatic N) is 2. The van der Waals surface area contributed by atoms with Crippen molar-refractivity contribution in [3.63, 3.8) is 0 Å². The van der Waals surface area contributed by atoms with Gasteiger partial charge in [0.25, 0.3) is 5.91 Å². The molecule has 140 valence electrons. The van der Waals surface area contributed by atoms with Crippen LogP contribution in [0.2, 0.25) is 5.02 Å². The van der Waals surface area contributed by atoms with Gasteiger partial charge in [0.2, 0.25) is 0 Å². The fourth-order valence-electron chi connectivity index (χ4n) is 3.38. The summed E-state index contributed by atoms with van der Waals surface area (Å²) in [6.45, 7) is 3.70. The molecule has 4 rings (SSSR count). The highest BCUT2D eigenvalue weighted by Crippen LogP contribution is 2.39. The number of amides is 1. The molecule has 0 bridgehead atoms. The van der Waals surface area contributed by atoms with Crippen molar-refractivity contribution in [1.29, 1.82) is 0 Å². The quantitative estimate of drug-likeness (QED) is 0.755. The Hall–Kier alpha value is -2.38. The number of thiocarbonyl (C=S) groups is 1. The van der Waals surface area contributed by atoms with Crippen LogP contribution in [0.25, 0.3) is 0 Å². The number of anilines is 1. The van der Waals surface area contributed by atoms with Crippen LogP contribution in [0.3, 0.4) is 0 Å². The van der Waals surface area contributed by atoms with E-state index >= 15 is 0 Å². The van der Waals surface area contributed by atoms with E-state index < -0.39 is 6.04 Å². The lowest BCUT2D eigenvalue weighted by atomic mass is 9.94. The molecule has 2 aliphatic rings. The molecule has 0 spiro atoms. The Morgan fingerprint density at radius 2 is 2.11 bits per heavy atom. The molecule has 2 aromatic rings. The molecule has 27 heavy (non-hydrogen) atoms. The predicted octanol–water partition coefficient (Wildman–Crippen LogP) is 3.94. The summed E-state index contributed by atoms with van der Waals surface area (Å²) >= 11 is 12.0. The summed E-state index contributed by atoms with van der Waals surface area (Å²) in [6.07, 6.45) is 2.13. The van der Waals surface area contributed by atoms with Gasteiger partial charge in [0, 0.05) is 22.8 Å². The number of carbonyl (C=O) groups is 1. The van der Waals surface area contributed by atoms with E-state index in [0.29, 0.717) is 33.3 Å². The number of rotatable bonds is 4. The highest BCUT2D eigenvalue weighted by Gasteiger charge is 2.40. The van der Waals surface area contributed by atoms with Gasteiger partial charge in [0.15, 0.2) is 10.9 Å². The Labute approximate surface area is 167 Å². The van der Waals surface area contributed by atoms with Gasteiger partial charge in [-0.3, -0.25) is 4.79 Å². The third kappa shape index (κ3) is 3.44. The second kappa shape index (κ2) is 6.98. The predicted molar refractivity (Wildman–Crippen MR) is 107 cm³/mol. The van der Waals surface area contributed by atoms with Crippen LogP contribution in [-0.2, 0) is 4.79 Å². The lowest BCUT2D eigenvalue weighted by Crippen LogP contribution is -2.49. The van der Waals surface area contributed by atoms with E-state index in [-0.39, 0.29) is 5.91 Å². The van der Waals surface area contributed by atoms with Gasteiger partial charge in [0.05, 0.1) is 11.6 Å². The molecule has 1 fully saturated rings. The van der Waals surface area contributed by atoms with Crippen molar-refractivity contribution in [3.05, 3.63) is 57.9 Å². The average molecular weight is 403 g/mol. The molecular formula is C19H19ClN4O2S. The average Bonchev–Trinajstić information content (AvgIpc) is 3.36. The van der Waals surface area contributed by atoms with Gasteiger partial charge < -0.3 is 20.1 Å². The van der Waals surface area contributed by atoms with Gasteiger partial charge in [-0.2, -0.15) is 0 Å². The molecule has 0 radical (unpaired) electrons. The maximum atomic E-state index is 13.2. The van der Waals surface area contributed by atoms with E-state index in [1.54, 1.807) is 19.1 Å². The minimum Gasteiger partial charge on any atom is -0.360 e. The van der Waals surface area contributed by atoms with Crippen LogP contribution in [0.4, 0.5) is 5.82 Å². The molecule has 8 heteroatoms. The number of halogens is 1.